The molecular formula is C10H15N. The van der Waals surface area contributed by atoms with Crippen molar-refractivity contribution in [2.45, 2.75) is 25.3 Å². The summed E-state index contributed by atoms with van der Waals surface area (Å²) in [5, 5.41) is 0. The molecular weight excluding hydrogens is 134 g/mol. The quantitative estimate of drug-likeness (QED) is 0.601. The summed E-state index contributed by atoms with van der Waals surface area (Å²) < 4.78 is 0. The SMILES string of the molecule is N[C@@H]1CCCc2ccccc21.[HH]. The van der Waals surface area contributed by atoms with Crippen molar-refractivity contribution in [1.29, 1.82) is 0 Å². The van der Waals surface area contributed by atoms with Crippen LogP contribution in [-0.2, 0) is 6.42 Å². The summed E-state index contributed by atoms with van der Waals surface area (Å²) in [5.41, 5.74) is 8.76. The van der Waals surface area contributed by atoms with Gasteiger partial charge in [0.25, 0.3) is 0 Å². The van der Waals surface area contributed by atoms with Gasteiger partial charge in [0.2, 0.25) is 0 Å². The van der Waals surface area contributed by atoms with Gasteiger partial charge in [-0.05, 0) is 30.4 Å². The van der Waals surface area contributed by atoms with E-state index in [1.807, 2.05) is 0 Å². The van der Waals surface area contributed by atoms with E-state index in [1.54, 1.807) is 0 Å². The molecule has 1 nitrogen and oxygen atoms in total. The third-order valence-electron chi connectivity index (χ3n) is 2.42. The van der Waals surface area contributed by atoms with Crippen molar-refractivity contribution in [2.24, 2.45) is 5.73 Å². The Morgan fingerprint density at radius 2 is 2.18 bits per heavy atom. The number of rotatable bonds is 0. The molecule has 0 saturated heterocycles. The number of fused-ring (bicyclic) bond motifs is 1. The first-order chi connectivity index (χ1) is 5.38. The van der Waals surface area contributed by atoms with Crippen LogP contribution in [0.15, 0.2) is 24.3 Å². The number of nitrogens with two attached hydrogens (primary N) is 1. The molecule has 11 heavy (non-hydrogen) atoms. The molecule has 0 spiro atoms. The summed E-state index contributed by atoms with van der Waals surface area (Å²) in [7, 11) is 0. The molecule has 0 fully saturated rings. The first kappa shape index (κ1) is 6.86. The molecule has 2 rings (SSSR count). The summed E-state index contributed by atoms with van der Waals surface area (Å²) in [5.74, 6) is 0. The van der Waals surface area contributed by atoms with Gasteiger partial charge < -0.3 is 5.73 Å². The molecule has 0 saturated carbocycles. The van der Waals surface area contributed by atoms with Crippen molar-refractivity contribution >= 4 is 0 Å². The van der Waals surface area contributed by atoms with E-state index in [2.05, 4.69) is 24.3 Å². The van der Waals surface area contributed by atoms with Gasteiger partial charge in [-0.3, -0.25) is 0 Å². The Hall–Kier alpha value is -0.820. The van der Waals surface area contributed by atoms with Gasteiger partial charge in [0.15, 0.2) is 0 Å². The lowest BCUT2D eigenvalue weighted by Gasteiger charge is -2.21. The van der Waals surface area contributed by atoms with E-state index in [1.165, 1.54) is 24.0 Å². The average molecular weight is 149 g/mol. The van der Waals surface area contributed by atoms with E-state index >= 15 is 0 Å². The van der Waals surface area contributed by atoms with Gasteiger partial charge in [-0.1, -0.05) is 24.3 Å². The van der Waals surface area contributed by atoms with Gasteiger partial charge in [0, 0.05) is 7.47 Å². The lowest BCUT2D eigenvalue weighted by molar-refractivity contribution is 0.570. The summed E-state index contributed by atoms with van der Waals surface area (Å²) in [6.45, 7) is 0. The average Bonchev–Trinajstić information content (AvgIpc) is 2.06. The number of aryl methyl sites for hydroxylation is 1. The molecule has 1 heteroatoms. The van der Waals surface area contributed by atoms with Crippen LogP contribution in [0.25, 0.3) is 0 Å². The molecule has 0 aromatic heterocycles. The third kappa shape index (κ3) is 1.16. The predicted octanol–water partition coefficient (Wildman–Crippen LogP) is 2.27. The minimum Gasteiger partial charge on any atom is -0.324 e. The summed E-state index contributed by atoms with van der Waals surface area (Å²) in [6, 6.07) is 8.80. The Labute approximate surface area is 68.7 Å². The maximum atomic E-state index is 5.95. The minimum atomic E-state index is 0. The van der Waals surface area contributed by atoms with Crippen LogP contribution in [0.1, 0.15) is 31.4 Å². The van der Waals surface area contributed by atoms with Crippen LogP contribution in [0, 0.1) is 0 Å². The zero-order valence-corrected chi connectivity index (χ0v) is 6.59. The molecule has 60 valence electrons. The molecule has 1 aliphatic carbocycles. The van der Waals surface area contributed by atoms with Crippen molar-refractivity contribution in [3.05, 3.63) is 35.4 Å². The lowest BCUT2D eigenvalue weighted by atomic mass is 9.88. The number of benzene rings is 1. The highest BCUT2D eigenvalue weighted by molar-refractivity contribution is 5.31. The molecule has 0 amide bonds. The van der Waals surface area contributed by atoms with Crippen molar-refractivity contribution < 1.29 is 1.43 Å². The normalized spacial score (nSPS) is 22.8. The predicted molar refractivity (Wildman–Crippen MR) is 48.4 cm³/mol. The molecule has 0 aliphatic heterocycles. The number of hydrogen-bond acceptors (Lipinski definition) is 1. The van der Waals surface area contributed by atoms with Crippen molar-refractivity contribution in [1.82, 2.24) is 0 Å². The van der Waals surface area contributed by atoms with E-state index < -0.39 is 0 Å². The van der Waals surface area contributed by atoms with Gasteiger partial charge >= 0.3 is 0 Å². The smallest absolute Gasteiger partial charge is 0.0297 e. The number of hydrogen-bond donors (Lipinski definition) is 1. The Morgan fingerprint density at radius 1 is 1.36 bits per heavy atom. The molecule has 1 atom stereocenters. The van der Waals surface area contributed by atoms with E-state index in [0.29, 0.717) is 6.04 Å². The molecule has 1 aromatic carbocycles. The molecule has 1 aromatic rings. The van der Waals surface area contributed by atoms with Gasteiger partial charge in [0.1, 0.15) is 0 Å². The fourth-order valence-corrected chi connectivity index (χ4v) is 1.79. The first-order valence-electron chi connectivity index (χ1n) is 4.21. The maximum absolute atomic E-state index is 5.95. The second kappa shape index (κ2) is 2.67. The van der Waals surface area contributed by atoms with Gasteiger partial charge in [-0.2, -0.15) is 0 Å². The van der Waals surface area contributed by atoms with Gasteiger partial charge in [-0.25, -0.2) is 0 Å². The van der Waals surface area contributed by atoms with Crippen molar-refractivity contribution in [2.75, 3.05) is 0 Å². The van der Waals surface area contributed by atoms with Gasteiger partial charge in [0.05, 0.1) is 0 Å². The lowest BCUT2D eigenvalue weighted by Crippen LogP contribution is -2.16. The molecule has 2 N–H and O–H groups in total. The zero-order valence-electron chi connectivity index (χ0n) is 6.59. The Balaban J connectivity index is 0.000000720. The van der Waals surface area contributed by atoms with Gasteiger partial charge in [-0.15, -0.1) is 0 Å². The largest absolute Gasteiger partial charge is 0.324 e. The van der Waals surface area contributed by atoms with E-state index in [9.17, 15) is 0 Å². The highest BCUT2D eigenvalue weighted by atomic mass is 14.6. The highest BCUT2D eigenvalue weighted by Crippen LogP contribution is 2.26. The minimum absolute atomic E-state index is 0. The second-order valence-corrected chi connectivity index (χ2v) is 3.20. The summed E-state index contributed by atoms with van der Waals surface area (Å²) >= 11 is 0. The van der Waals surface area contributed by atoms with Crippen LogP contribution in [0.5, 0.6) is 0 Å². The molecule has 1 aliphatic rings. The molecule has 0 unspecified atom stereocenters. The van der Waals surface area contributed by atoms with Crippen molar-refractivity contribution in [3.63, 3.8) is 0 Å². The molecule has 0 heterocycles. The zero-order chi connectivity index (χ0) is 7.68. The Kier molecular flexibility index (Phi) is 1.66. The second-order valence-electron chi connectivity index (χ2n) is 3.20. The summed E-state index contributed by atoms with van der Waals surface area (Å²) in [4.78, 5) is 0. The summed E-state index contributed by atoms with van der Waals surface area (Å²) in [6.07, 6.45) is 3.61. The van der Waals surface area contributed by atoms with E-state index in [-0.39, 0.29) is 1.43 Å². The van der Waals surface area contributed by atoms with Crippen molar-refractivity contribution in [3.8, 4) is 0 Å². The first-order valence-corrected chi connectivity index (χ1v) is 4.21. The fourth-order valence-electron chi connectivity index (χ4n) is 1.79. The van der Waals surface area contributed by atoms with E-state index in [0.717, 1.165) is 6.42 Å². The topological polar surface area (TPSA) is 26.0 Å². The van der Waals surface area contributed by atoms with Crippen LogP contribution in [0.4, 0.5) is 0 Å². The highest BCUT2D eigenvalue weighted by Gasteiger charge is 2.14. The monoisotopic (exact) mass is 149 g/mol. The standard InChI is InChI=1S/C10H13N.H2/c11-10-7-3-5-8-4-1-2-6-9(8)10;/h1-2,4,6,10H,3,5,7,11H2;1H/t10-;/m1./s1. The van der Waals surface area contributed by atoms with Crippen LogP contribution < -0.4 is 5.73 Å². The molecule has 0 bridgehead atoms. The maximum Gasteiger partial charge on any atom is 0.0297 e. The van der Waals surface area contributed by atoms with Crippen LogP contribution in [0.3, 0.4) is 0 Å². The fraction of sp³-hybridized carbons (Fsp3) is 0.400. The third-order valence-corrected chi connectivity index (χ3v) is 2.42. The Morgan fingerprint density at radius 3 is 3.00 bits per heavy atom. The Bertz CT molecular complexity index is 260. The van der Waals surface area contributed by atoms with E-state index in [4.69, 9.17) is 5.73 Å². The van der Waals surface area contributed by atoms with Crippen LogP contribution in [0.2, 0.25) is 0 Å². The van der Waals surface area contributed by atoms with Crippen LogP contribution >= 0.6 is 0 Å². The molecule has 0 radical (unpaired) electrons. The van der Waals surface area contributed by atoms with Crippen LogP contribution in [-0.4, -0.2) is 0 Å².